The van der Waals surface area contributed by atoms with Crippen LogP contribution in [0.15, 0.2) is 24.3 Å². The van der Waals surface area contributed by atoms with E-state index in [0.717, 1.165) is 17.7 Å². The molecular weight excluding hydrogens is 214 g/mol. The van der Waals surface area contributed by atoms with Crippen molar-refractivity contribution in [2.24, 2.45) is 0 Å². The predicted molar refractivity (Wildman–Crippen MR) is 68.7 cm³/mol. The molecule has 0 saturated heterocycles. The van der Waals surface area contributed by atoms with Crippen LogP contribution < -0.4 is 5.32 Å². The van der Waals surface area contributed by atoms with Gasteiger partial charge in [-0.3, -0.25) is 4.79 Å². The van der Waals surface area contributed by atoms with Gasteiger partial charge in [-0.05, 0) is 24.6 Å². The monoisotopic (exact) mass is 231 g/mol. The Morgan fingerprint density at radius 2 is 2.29 bits per heavy atom. The first-order chi connectivity index (χ1) is 8.26. The zero-order chi connectivity index (χ0) is 12.5. The first kappa shape index (κ1) is 13.1. The SMILES string of the molecule is CNc1cccc(C#CCCCC(=O)OC)c1. The summed E-state index contributed by atoms with van der Waals surface area (Å²) >= 11 is 0. The zero-order valence-electron chi connectivity index (χ0n) is 10.2. The molecule has 1 N–H and O–H groups in total. The Morgan fingerprint density at radius 3 is 3.00 bits per heavy atom. The Kier molecular flexibility index (Phi) is 5.67. The van der Waals surface area contributed by atoms with E-state index < -0.39 is 0 Å². The van der Waals surface area contributed by atoms with Crippen molar-refractivity contribution in [2.45, 2.75) is 19.3 Å². The van der Waals surface area contributed by atoms with Crippen LogP contribution in [0.25, 0.3) is 0 Å². The highest BCUT2D eigenvalue weighted by Crippen LogP contribution is 2.08. The van der Waals surface area contributed by atoms with Gasteiger partial charge in [-0.15, -0.1) is 0 Å². The van der Waals surface area contributed by atoms with Crippen LogP contribution in [0, 0.1) is 11.8 Å². The summed E-state index contributed by atoms with van der Waals surface area (Å²) in [5, 5.41) is 3.06. The Balaban J connectivity index is 2.40. The molecule has 1 rings (SSSR count). The number of methoxy groups -OCH3 is 1. The summed E-state index contributed by atoms with van der Waals surface area (Å²) in [5.41, 5.74) is 2.03. The maximum absolute atomic E-state index is 10.8. The largest absolute Gasteiger partial charge is 0.469 e. The van der Waals surface area contributed by atoms with E-state index in [4.69, 9.17) is 0 Å². The third kappa shape index (κ3) is 5.07. The fraction of sp³-hybridized carbons (Fsp3) is 0.357. The molecule has 0 bridgehead atoms. The second kappa shape index (κ2) is 7.34. The summed E-state index contributed by atoms with van der Waals surface area (Å²) in [4.78, 5) is 10.8. The molecule has 1 aromatic carbocycles. The van der Waals surface area contributed by atoms with Gasteiger partial charge in [0, 0.05) is 31.1 Å². The Labute approximate surface area is 102 Å². The van der Waals surface area contributed by atoms with Crippen molar-refractivity contribution < 1.29 is 9.53 Å². The van der Waals surface area contributed by atoms with Crippen molar-refractivity contribution in [1.29, 1.82) is 0 Å². The fourth-order valence-corrected chi connectivity index (χ4v) is 1.34. The molecule has 0 aliphatic rings. The average Bonchev–Trinajstić information content (AvgIpc) is 2.38. The van der Waals surface area contributed by atoms with E-state index in [1.54, 1.807) is 0 Å². The molecule has 3 heteroatoms. The summed E-state index contributed by atoms with van der Waals surface area (Å²) in [6.45, 7) is 0. The van der Waals surface area contributed by atoms with Crippen LogP contribution in [-0.2, 0) is 9.53 Å². The number of ether oxygens (including phenoxy) is 1. The van der Waals surface area contributed by atoms with Crippen LogP contribution in [-0.4, -0.2) is 20.1 Å². The Hall–Kier alpha value is -1.95. The quantitative estimate of drug-likeness (QED) is 0.491. The number of carbonyl (C=O) groups is 1. The van der Waals surface area contributed by atoms with Gasteiger partial charge in [0.1, 0.15) is 0 Å². The summed E-state index contributed by atoms with van der Waals surface area (Å²) < 4.78 is 4.55. The second-order valence-corrected chi connectivity index (χ2v) is 3.56. The molecule has 0 aliphatic carbocycles. The molecule has 0 atom stereocenters. The molecule has 1 aromatic rings. The summed E-state index contributed by atoms with van der Waals surface area (Å²) in [6.07, 6.45) is 1.88. The molecule has 0 spiro atoms. The smallest absolute Gasteiger partial charge is 0.305 e. The number of carbonyl (C=O) groups excluding carboxylic acids is 1. The molecule has 3 nitrogen and oxygen atoms in total. The molecule has 0 unspecified atom stereocenters. The number of hydrogen-bond donors (Lipinski definition) is 1. The highest BCUT2D eigenvalue weighted by Gasteiger charge is 1.97. The number of esters is 1. The number of benzene rings is 1. The van der Waals surface area contributed by atoms with E-state index >= 15 is 0 Å². The van der Waals surface area contributed by atoms with Crippen LogP contribution in [0.5, 0.6) is 0 Å². The minimum atomic E-state index is -0.177. The molecule has 90 valence electrons. The van der Waals surface area contributed by atoms with E-state index in [1.165, 1.54) is 7.11 Å². The molecule has 0 amide bonds. The van der Waals surface area contributed by atoms with Crippen LogP contribution in [0.2, 0.25) is 0 Å². The van der Waals surface area contributed by atoms with Gasteiger partial charge < -0.3 is 10.1 Å². The molecular formula is C14H17NO2. The van der Waals surface area contributed by atoms with E-state index in [1.807, 2.05) is 31.3 Å². The topological polar surface area (TPSA) is 38.3 Å². The van der Waals surface area contributed by atoms with Gasteiger partial charge in [-0.25, -0.2) is 0 Å². The van der Waals surface area contributed by atoms with E-state index in [0.29, 0.717) is 12.8 Å². The van der Waals surface area contributed by atoms with Crippen LogP contribution >= 0.6 is 0 Å². The first-order valence-electron chi connectivity index (χ1n) is 5.59. The summed E-state index contributed by atoms with van der Waals surface area (Å²) in [5.74, 6) is 5.94. The Morgan fingerprint density at radius 1 is 1.47 bits per heavy atom. The van der Waals surface area contributed by atoms with Gasteiger partial charge in [0.05, 0.1) is 7.11 Å². The van der Waals surface area contributed by atoms with Gasteiger partial charge in [-0.1, -0.05) is 17.9 Å². The number of nitrogens with one attached hydrogen (secondary N) is 1. The van der Waals surface area contributed by atoms with Gasteiger partial charge >= 0.3 is 5.97 Å². The molecule has 0 saturated carbocycles. The summed E-state index contributed by atoms with van der Waals surface area (Å²) in [7, 11) is 3.28. The van der Waals surface area contributed by atoms with Gasteiger partial charge in [0.15, 0.2) is 0 Å². The lowest BCUT2D eigenvalue weighted by atomic mass is 10.2. The summed E-state index contributed by atoms with van der Waals surface area (Å²) in [6, 6.07) is 7.91. The first-order valence-corrected chi connectivity index (χ1v) is 5.59. The van der Waals surface area contributed by atoms with Crippen molar-refractivity contribution >= 4 is 11.7 Å². The third-order valence-corrected chi connectivity index (χ3v) is 2.29. The Bertz CT molecular complexity index is 429. The number of hydrogen-bond acceptors (Lipinski definition) is 3. The van der Waals surface area contributed by atoms with Gasteiger partial charge in [0.25, 0.3) is 0 Å². The molecule has 0 aliphatic heterocycles. The predicted octanol–water partition coefficient (Wildman–Crippen LogP) is 2.42. The van der Waals surface area contributed by atoms with Crippen LogP contribution in [0.3, 0.4) is 0 Å². The van der Waals surface area contributed by atoms with Crippen LogP contribution in [0.1, 0.15) is 24.8 Å². The minimum Gasteiger partial charge on any atom is -0.469 e. The van der Waals surface area contributed by atoms with E-state index in [2.05, 4.69) is 21.9 Å². The van der Waals surface area contributed by atoms with Crippen molar-refractivity contribution in [3.05, 3.63) is 29.8 Å². The van der Waals surface area contributed by atoms with Gasteiger partial charge in [0.2, 0.25) is 0 Å². The molecule has 0 fully saturated rings. The molecule has 0 radical (unpaired) electrons. The molecule has 0 aromatic heterocycles. The van der Waals surface area contributed by atoms with Crippen molar-refractivity contribution in [3.63, 3.8) is 0 Å². The van der Waals surface area contributed by atoms with Gasteiger partial charge in [-0.2, -0.15) is 0 Å². The van der Waals surface area contributed by atoms with Crippen molar-refractivity contribution in [3.8, 4) is 11.8 Å². The van der Waals surface area contributed by atoms with E-state index in [-0.39, 0.29) is 5.97 Å². The van der Waals surface area contributed by atoms with E-state index in [9.17, 15) is 4.79 Å². The van der Waals surface area contributed by atoms with Crippen LogP contribution in [0.4, 0.5) is 5.69 Å². The molecule has 17 heavy (non-hydrogen) atoms. The highest BCUT2D eigenvalue weighted by molar-refractivity contribution is 5.69. The highest BCUT2D eigenvalue weighted by atomic mass is 16.5. The second-order valence-electron chi connectivity index (χ2n) is 3.56. The average molecular weight is 231 g/mol. The lowest BCUT2D eigenvalue weighted by Crippen LogP contribution is -1.98. The lowest BCUT2D eigenvalue weighted by Gasteiger charge is -1.98. The molecule has 0 heterocycles. The van der Waals surface area contributed by atoms with Crippen molar-refractivity contribution in [2.75, 3.05) is 19.5 Å². The van der Waals surface area contributed by atoms with Crippen molar-refractivity contribution in [1.82, 2.24) is 0 Å². The number of rotatable bonds is 4. The zero-order valence-corrected chi connectivity index (χ0v) is 10.2. The standard InChI is InChI=1S/C14H17NO2/c1-15-13-9-6-8-12(11-13)7-4-3-5-10-14(16)17-2/h6,8-9,11,15H,3,5,10H2,1-2H3. The number of unbranched alkanes of at least 4 members (excludes halogenated alkanes) is 1. The lowest BCUT2D eigenvalue weighted by molar-refractivity contribution is -0.140. The minimum absolute atomic E-state index is 0.177. The maximum atomic E-state index is 10.8. The maximum Gasteiger partial charge on any atom is 0.305 e. The number of anilines is 1. The third-order valence-electron chi connectivity index (χ3n) is 2.29. The normalized spacial score (nSPS) is 9.06. The fourth-order valence-electron chi connectivity index (χ4n) is 1.34.